The number of ether oxygens (including phenoxy) is 1. The minimum atomic E-state index is -1.86. The molecular formula is C21H20O4. The number of esters is 1. The van der Waals surface area contributed by atoms with Crippen molar-refractivity contribution >= 4 is 17.3 Å². The van der Waals surface area contributed by atoms with Gasteiger partial charge in [-0.15, -0.1) is 0 Å². The van der Waals surface area contributed by atoms with E-state index in [1.54, 1.807) is 31.2 Å². The number of aliphatic hydroxyl groups is 1. The Bertz CT molecular complexity index is 795. The van der Waals surface area contributed by atoms with E-state index in [0.29, 0.717) is 11.1 Å². The Kier molecular flexibility index (Phi) is 4.81. The van der Waals surface area contributed by atoms with Crippen LogP contribution in [0, 0.1) is 0 Å². The van der Waals surface area contributed by atoms with Crippen molar-refractivity contribution in [3.63, 3.8) is 0 Å². The van der Waals surface area contributed by atoms with E-state index in [9.17, 15) is 14.7 Å². The van der Waals surface area contributed by atoms with Gasteiger partial charge in [-0.3, -0.25) is 4.79 Å². The lowest BCUT2D eigenvalue weighted by molar-refractivity contribution is -0.160. The van der Waals surface area contributed by atoms with Crippen LogP contribution in [-0.4, -0.2) is 29.1 Å². The van der Waals surface area contributed by atoms with Crippen molar-refractivity contribution in [3.8, 4) is 0 Å². The smallest absolute Gasteiger partial charge is 0.342 e. The van der Waals surface area contributed by atoms with Crippen molar-refractivity contribution in [2.45, 2.75) is 24.9 Å². The number of rotatable bonds is 4. The van der Waals surface area contributed by atoms with Gasteiger partial charge < -0.3 is 9.84 Å². The predicted molar refractivity (Wildman–Crippen MR) is 94.8 cm³/mol. The maximum absolute atomic E-state index is 12.7. The van der Waals surface area contributed by atoms with Crippen LogP contribution in [0.5, 0.6) is 0 Å². The predicted octanol–water partition coefficient (Wildman–Crippen LogP) is 3.12. The van der Waals surface area contributed by atoms with E-state index in [-0.39, 0.29) is 18.8 Å². The van der Waals surface area contributed by atoms with Crippen molar-refractivity contribution in [1.82, 2.24) is 0 Å². The molecule has 25 heavy (non-hydrogen) atoms. The molecule has 0 saturated carbocycles. The summed E-state index contributed by atoms with van der Waals surface area (Å²) in [6.07, 6.45) is 1.35. The summed E-state index contributed by atoms with van der Waals surface area (Å²) in [4.78, 5) is 25.3. The quantitative estimate of drug-likeness (QED) is 0.872. The molecule has 0 saturated heterocycles. The molecule has 0 unspecified atom stereocenters. The lowest BCUT2D eigenvalue weighted by Crippen LogP contribution is -2.46. The molecule has 0 heterocycles. The average molecular weight is 336 g/mol. The van der Waals surface area contributed by atoms with Gasteiger partial charge in [0, 0.05) is 12.0 Å². The molecule has 0 fully saturated rings. The molecule has 0 aliphatic heterocycles. The molecule has 4 nitrogen and oxygen atoms in total. The van der Waals surface area contributed by atoms with E-state index in [1.807, 2.05) is 36.4 Å². The molecule has 2 atom stereocenters. The SMILES string of the molecule is CCOC(=O)[C@]1(O)C[C@@H](c2ccccc2)C(=O)C=C1c1ccccc1. The Morgan fingerprint density at radius 1 is 1.12 bits per heavy atom. The number of allylic oxidation sites excluding steroid dienone is 1. The summed E-state index contributed by atoms with van der Waals surface area (Å²) in [5, 5.41) is 11.2. The highest BCUT2D eigenvalue weighted by molar-refractivity contribution is 6.10. The number of ketones is 1. The maximum atomic E-state index is 12.7. The van der Waals surface area contributed by atoms with Crippen molar-refractivity contribution in [2.75, 3.05) is 6.61 Å². The first-order chi connectivity index (χ1) is 12.1. The summed E-state index contributed by atoms with van der Waals surface area (Å²) < 4.78 is 5.11. The summed E-state index contributed by atoms with van der Waals surface area (Å²) in [6, 6.07) is 18.2. The van der Waals surface area contributed by atoms with Crippen LogP contribution < -0.4 is 0 Å². The van der Waals surface area contributed by atoms with Crippen LogP contribution in [0.3, 0.4) is 0 Å². The van der Waals surface area contributed by atoms with Crippen molar-refractivity contribution in [2.24, 2.45) is 0 Å². The molecule has 0 spiro atoms. The molecule has 0 bridgehead atoms. The molecule has 1 aliphatic carbocycles. The van der Waals surface area contributed by atoms with Crippen LogP contribution in [0.25, 0.3) is 5.57 Å². The Balaban J connectivity index is 2.09. The zero-order valence-corrected chi connectivity index (χ0v) is 14.0. The number of carbonyl (C=O) groups is 2. The summed E-state index contributed by atoms with van der Waals surface area (Å²) >= 11 is 0. The van der Waals surface area contributed by atoms with Crippen LogP contribution in [0.4, 0.5) is 0 Å². The third kappa shape index (κ3) is 3.26. The fourth-order valence-electron chi connectivity index (χ4n) is 3.22. The number of carbonyl (C=O) groups excluding carboxylic acids is 2. The Hall–Kier alpha value is -2.72. The van der Waals surface area contributed by atoms with Crippen molar-refractivity contribution < 1.29 is 19.4 Å². The molecule has 2 aromatic rings. The minimum absolute atomic E-state index is 0.0323. The molecule has 0 amide bonds. The number of benzene rings is 2. The second kappa shape index (κ2) is 7.03. The van der Waals surface area contributed by atoms with Crippen LogP contribution in [-0.2, 0) is 14.3 Å². The second-order valence-electron chi connectivity index (χ2n) is 6.07. The van der Waals surface area contributed by atoms with Gasteiger partial charge in [0.1, 0.15) is 0 Å². The van der Waals surface area contributed by atoms with E-state index < -0.39 is 17.5 Å². The van der Waals surface area contributed by atoms with E-state index in [1.165, 1.54) is 6.08 Å². The number of hydrogen-bond donors (Lipinski definition) is 1. The zero-order chi connectivity index (χ0) is 17.9. The minimum Gasteiger partial charge on any atom is -0.464 e. The highest BCUT2D eigenvalue weighted by Gasteiger charge is 2.48. The maximum Gasteiger partial charge on any atom is 0.342 e. The van der Waals surface area contributed by atoms with Gasteiger partial charge in [-0.25, -0.2) is 4.79 Å². The molecule has 2 aromatic carbocycles. The standard InChI is InChI=1S/C21H20O4/c1-2-25-20(23)21(24)14-17(15-9-5-3-6-10-15)19(22)13-18(21)16-11-7-4-8-12-16/h3-13,17,24H,2,14H2,1H3/t17-,21-/m0/s1. The van der Waals surface area contributed by atoms with Crippen molar-refractivity contribution in [3.05, 3.63) is 77.9 Å². The largest absolute Gasteiger partial charge is 0.464 e. The van der Waals surface area contributed by atoms with Gasteiger partial charge in [-0.05, 0) is 24.1 Å². The average Bonchev–Trinajstić information content (AvgIpc) is 2.65. The fourth-order valence-corrected chi connectivity index (χ4v) is 3.22. The first kappa shape index (κ1) is 17.1. The summed E-state index contributed by atoms with van der Waals surface area (Å²) in [6.45, 7) is 1.85. The third-order valence-corrected chi connectivity index (χ3v) is 4.47. The topological polar surface area (TPSA) is 63.6 Å². The van der Waals surface area contributed by atoms with Gasteiger partial charge in [0.2, 0.25) is 0 Å². The van der Waals surface area contributed by atoms with Crippen LogP contribution >= 0.6 is 0 Å². The molecule has 128 valence electrons. The first-order valence-electron chi connectivity index (χ1n) is 8.32. The lowest BCUT2D eigenvalue weighted by Gasteiger charge is -2.35. The van der Waals surface area contributed by atoms with E-state index in [2.05, 4.69) is 0 Å². The number of hydrogen-bond acceptors (Lipinski definition) is 4. The fraction of sp³-hybridized carbons (Fsp3) is 0.238. The first-order valence-corrected chi connectivity index (χ1v) is 8.32. The highest BCUT2D eigenvalue weighted by Crippen LogP contribution is 2.42. The van der Waals surface area contributed by atoms with Gasteiger partial charge in [-0.2, -0.15) is 0 Å². The van der Waals surface area contributed by atoms with Crippen molar-refractivity contribution in [1.29, 1.82) is 0 Å². The Labute approximate surface area is 146 Å². The van der Waals surface area contributed by atoms with E-state index >= 15 is 0 Å². The van der Waals surface area contributed by atoms with Crippen LogP contribution in [0.1, 0.15) is 30.4 Å². The van der Waals surface area contributed by atoms with E-state index in [4.69, 9.17) is 4.74 Å². The normalized spacial score (nSPS) is 23.0. The molecule has 0 aromatic heterocycles. The van der Waals surface area contributed by atoms with Gasteiger partial charge in [-0.1, -0.05) is 60.7 Å². The summed E-state index contributed by atoms with van der Waals surface area (Å²) in [7, 11) is 0. The van der Waals surface area contributed by atoms with Gasteiger partial charge in [0.05, 0.1) is 12.5 Å². The summed E-state index contributed by atoms with van der Waals surface area (Å²) in [5.41, 5.74) is -0.147. The lowest BCUT2D eigenvalue weighted by atomic mass is 9.72. The molecule has 4 heteroatoms. The Morgan fingerprint density at radius 3 is 2.32 bits per heavy atom. The highest BCUT2D eigenvalue weighted by atomic mass is 16.5. The summed E-state index contributed by atoms with van der Waals surface area (Å²) in [5.74, 6) is -1.43. The van der Waals surface area contributed by atoms with Gasteiger partial charge >= 0.3 is 5.97 Å². The molecule has 0 radical (unpaired) electrons. The molecule has 3 rings (SSSR count). The third-order valence-electron chi connectivity index (χ3n) is 4.47. The second-order valence-corrected chi connectivity index (χ2v) is 6.07. The van der Waals surface area contributed by atoms with Crippen LogP contribution in [0.2, 0.25) is 0 Å². The molecule has 1 aliphatic rings. The monoisotopic (exact) mass is 336 g/mol. The van der Waals surface area contributed by atoms with Gasteiger partial charge in [0.25, 0.3) is 0 Å². The van der Waals surface area contributed by atoms with Gasteiger partial charge in [0.15, 0.2) is 11.4 Å². The zero-order valence-electron chi connectivity index (χ0n) is 14.0. The molecular weight excluding hydrogens is 316 g/mol. The molecule has 1 N–H and O–H groups in total. The van der Waals surface area contributed by atoms with Crippen LogP contribution in [0.15, 0.2) is 66.7 Å². The van der Waals surface area contributed by atoms with E-state index in [0.717, 1.165) is 5.56 Å². The Morgan fingerprint density at radius 2 is 1.72 bits per heavy atom.